The van der Waals surface area contributed by atoms with Gasteiger partial charge in [0.05, 0.1) is 0 Å². The number of carbonyl (C=O) groups is 1. The van der Waals surface area contributed by atoms with Crippen LogP contribution < -0.4 is 5.73 Å². The molecule has 1 spiro atoms. The maximum absolute atomic E-state index is 13.2. The van der Waals surface area contributed by atoms with Crippen molar-refractivity contribution in [3.05, 3.63) is 35.4 Å². The van der Waals surface area contributed by atoms with Crippen LogP contribution in [0.4, 0.5) is 0 Å². The molecule has 2 aliphatic carbocycles. The molecule has 1 amide bonds. The van der Waals surface area contributed by atoms with Crippen LogP contribution >= 0.6 is 12.4 Å². The second-order valence-corrected chi connectivity index (χ2v) is 7.88. The Morgan fingerprint density at radius 1 is 1.29 bits per heavy atom. The molecule has 0 radical (unpaired) electrons. The number of hydrogen-bond donors (Lipinski definition) is 1. The molecule has 0 aromatic heterocycles. The van der Waals surface area contributed by atoms with Crippen molar-refractivity contribution in [3.63, 3.8) is 0 Å². The summed E-state index contributed by atoms with van der Waals surface area (Å²) in [4.78, 5) is 15.4. The Bertz CT molecular complexity index is 617. The average molecular weight is 349 g/mol. The number of amides is 1. The van der Waals surface area contributed by atoms with Crippen LogP contribution in [0.5, 0.6) is 0 Å². The summed E-state index contributed by atoms with van der Waals surface area (Å²) in [5.74, 6) is 0.576. The van der Waals surface area contributed by atoms with E-state index < -0.39 is 0 Å². The molecule has 1 saturated carbocycles. The highest BCUT2D eigenvalue weighted by Gasteiger charge is 2.61. The second kappa shape index (κ2) is 6.68. The molecule has 3 aliphatic rings. The summed E-state index contributed by atoms with van der Waals surface area (Å²) in [5, 5.41) is 0. The van der Waals surface area contributed by atoms with Gasteiger partial charge >= 0.3 is 0 Å². The van der Waals surface area contributed by atoms with Crippen LogP contribution in [0, 0.1) is 5.92 Å². The number of halogens is 1. The van der Waals surface area contributed by atoms with E-state index in [1.807, 2.05) is 0 Å². The number of likely N-dealkylation sites (tertiary alicyclic amines) is 1. The molecule has 2 N–H and O–H groups in total. The summed E-state index contributed by atoms with van der Waals surface area (Å²) >= 11 is 0. The van der Waals surface area contributed by atoms with Crippen molar-refractivity contribution in [3.8, 4) is 0 Å². The monoisotopic (exact) mass is 348 g/mol. The van der Waals surface area contributed by atoms with E-state index in [1.54, 1.807) is 0 Å². The van der Waals surface area contributed by atoms with E-state index >= 15 is 0 Å². The smallest absolute Gasteiger partial charge is 0.226 e. The number of carbonyl (C=O) groups excluding carboxylic acids is 1. The minimum atomic E-state index is 0. The van der Waals surface area contributed by atoms with Crippen molar-refractivity contribution in [2.75, 3.05) is 6.54 Å². The van der Waals surface area contributed by atoms with Gasteiger partial charge in [0.25, 0.3) is 0 Å². The average Bonchev–Trinajstić information content (AvgIpc) is 3.29. The third-order valence-electron chi connectivity index (χ3n) is 6.44. The first-order valence-corrected chi connectivity index (χ1v) is 9.28. The van der Waals surface area contributed by atoms with Crippen LogP contribution in [0.3, 0.4) is 0 Å². The maximum Gasteiger partial charge on any atom is 0.226 e. The third-order valence-corrected chi connectivity index (χ3v) is 6.44. The fourth-order valence-corrected chi connectivity index (χ4v) is 5.13. The van der Waals surface area contributed by atoms with Crippen LogP contribution in [0.2, 0.25) is 0 Å². The zero-order valence-electron chi connectivity index (χ0n) is 14.5. The normalized spacial score (nSPS) is 32.7. The maximum atomic E-state index is 13.2. The fraction of sp³-hybridized carbons (Fsp3) is 0.650. The van der Waals surface area contributed by atoms with E-state index in [2.05, 4.69) is 36.1 Å². The first-order chi connectivity index (χ1) is 11.1. The summed E-state index contributed by atoms with van der Waals surface area (Å²) in [7, 11) is 0. The van der Waals surface area contributed by atoms with Crippen molar-refractivity contribution in [1.29, 1.82) is 0 Å². The first-order valence-electron chi connectivity index (χ1n) is 9.28. The molecule has 4 atom stereocenters. The van der Waals surface area contributed by atoms with Crippen LogP contribution in [-0.4, -0.2) is 29.4 Å². The topological polar surface area (TPSA) is 46.3 Å². The number of aryl methyl sites for hydroxylation is 1. The molecule has 24 heavy (non-hydrogen) atoms. The predicted molar refractivity (Wildman–Crippen MR) is 99.4 cm³/mol. The number of benzene rings is 1. The van der Waals surface area contributed by atoms with Crippen LogP contribution in [0.25, 0.3) is 0 Å². The lowest BCUT2D eigenvalue weighted by molar-refractivity contribution is -0.137. The van der Waals surface area contributed by atoms with Crippen LogP contribution in [0.1, 0.15) is 56.6 Å². The number of hydrogen-bond acceptors (Lipinski definition) is 2. The van der Waals surface area contributed by atoms with E-state index in [4.69, 9.17) is 5.73 Å². The number of fused-ring (bicyclic) bond motifs is 2. The molecule has 1 heterocycles. The van der Waals surface area contributed by atoms with Crippen molar-refractivity contribution >= 4 is 18.3 Å². The number of nitrogens with two attached hydrogens (primary N) is 1. The van der Waals surface area contributed by atoms with Crippen molar-refractivity contribution in [2.45, 2.75) is 69.4 Å². The molecule has 4 rings (SSSR count). The first kappa shape index (κ1) is 17.8. The van der Waals surface area contributed by atoms with Crippen molar-refractivity contribution in [2.24, 2.45) is 11.7 Å². The Labute approximate surface area is 151 Å². The van der Waals surface area contributed by atoms with Crippen molar-refractivity contribution in [1.82, 2.24) is 4.90 Å². The Morgan fingerprint density at radius 2 is 2.08 bits per heavy atom. The van der Waals surface area contributed by atoms with E-state index in [1.165, 1.54) is 36.8 Å². The van der Waals surface area contributed by atoms with Crippen molar-refractivity contribution < 1.29 is 4.79 Å². The van der Waals surface area contributed by atoms with Gasteiger partial charge < -0.3 is 10.6 Å². The van der Waals surface area contributed by atoms with Crippen LogP contribution in [-0.2, 0) is 16.6 Å². The van der Waals surface area contributed by atoms with Gasteiger partial charge in [-0.25, -0.2) is 0 Å². The van der Waals surface area contributed by atoms with Gasteiger partial charge in [0.2, 0.25) is 5.91 Å². The number of piperidine rings is 1. The summed E-state index contributed by atoms with van der Waals surface area (Å²) in [6, 6.07) is 9.11. The van der Waals surface area contributed by atoms with E-state index in [0.29, 0.717) is 5.91 Å². The molecule has 4 heteroatoms. The lowest BCUT2D eigenvalue weighted by atomic mass is 9.78. The Hall–Kier alpha value is -1.06. The molecule has 1 saturated heterocycles. The minimum absolute atomic E-state index is 0. The highest BCUT2D eigenvalue weighted by atomic mass is 35.5. The van der Waals surface area contributed by atoms with Crippen LogP contribution in [0.15, 0.2) is 24.3 Å². The molecule has 3 nitrogen and oxygen atoms in total. The quantitative estimate of drug-likeness (QED) is 0.890. The Kier molecular flexibility index (Phi) is 4.94. The Morgan fingerprint density at radius 3 is 2.88 bits per heavy atom. The lowest BCUT2D eigenvalue weighted by Crippen LogP contribution is -2.52. The van der Waals surface area contributed by atoms with Gasteiger partial charge in [0.15, 0.2) is 0 Å². The van der Waals surface area contributed by atoms with Gasteiger partial charge in [0.1, 0.15) is 0 Å². The minimum Gasteiger partial charge on any atom is -0.338 e. The molecule has 132 valence electrons. The molecular formula is C20H29ClN2O. The largest absolute Gasteiger partial charge is 0.338 e. The standard InChI is InChI=1S/C20H28N2O.ClH/c1-14(21)18-10-4-5-12-22(18)19(23)17-13-20(17)11-6-8-15-7-2-3-9-16(15)20;/h2-3,7,9,14,17-18H,4-6,8,10-13,21H2,1H3;1H. The summed E-state index contributed by atoms with van der Waals surface area (Å²) in [5.41, 5.74) is 9.24. The molecule has 1 aromatic rings. The molecule has 1 aromatic carbocycles. The van der Waals surface area contributed by atoms with Gasteiger partial charge in [-0.1, -0.05) is 24.3 Å². The van der Waals surface area contributed by atoms with E-state index in [0.717, 1.165) is 25.8 Å². The Balaban J connectivity index is 0.00000169. The molecule has 2 fully saturated rings. The summed E-state index contributed by atoms with van der Waals surface area (Å²) in [6.45, 7) is 2.95. The van der Waals surface area contributed by atoms with E-state index in [9.17, 15) is 4.79 Å². The highest BCUT2D eigenvalue weighted by molar-refractivity contribution is 5.85. The SMILES string of the molecule is CC(N)C1CCCCN1C(=O)C1CC12CCCc1ccccc12.Cl. The van der Waals surface area contributed by atoms with E-state index in [-0.39, 0.29) is 35.8 Å². The predicted octanol–water partition coefficient (Wildman–Crippen LogP) is 3.43. The highest BCUT2D eigenvalue weighted by Crippen LogP contribution is 2.61. The van der Waals surface area contributed by atoms with Gasteiger partial charge in [-0.3, -0.25) is 4.79 Å². The third kappa shape index (κ3) is 2.76. The second-order valence-electron chi connectivity index (χ2n) is 7.88. The van der Waals surface area contributed by atoms with Gasteiger partial charge in [-0.15, -0.1) is 12.4 Å². The molecule has 4 unspecified atom stereocenters. The lowest BCUT2D eigenvalue weighted by Gasteiger charge is -2.39. The molecule has 0 bridgehead atoms. The fourth-order valence-electron chi connectivity index (χ4n) is 5.13. The summed E-state index contributed by atoms with van der Waals surface area (Å²) < 4.78 is 0. The zero-order chi connectivity index (χ0) is 16.0. The number of rotatable bonds is 2. The number of nitrogens with zero attached hydrogens (tertiary/aromatic N) is 1. The van der Waals surface area contributed by atoms with Gasteiger partial charge in [-0.05, 0) is 63.0 Å². The van der Waals surface area contributed by atoms with Gasteiger partial charge in [0, 0.05) is 30.0 Å². The molecular weight excluding hydrogens is 320 g/mol. The van der Waals surface area contributed by atoms with Gasteiger partial charge in [-0.2, -0.15) is 0 Å². The molecule has 1 aliphatic heterocycles. The zero-order valence-corrected chi connectivity index (χ0v) is 15.4. The summed E-state index contributed by atoms with van der Waals surface area (Å²) in [6.07, 6.45) is 8.02.